The second-order valence-electron chi connectivity index (χ2n) is 2.08. The fraction of sp³-hybridized carbons (Fsp3) is 0.111. The topological polar surface area (TPSA) is 36.7 Å². The molecule has 12 heavy (non-hydrogen) atoms. The van der Waals surface area contributed by atoms with Crippen LogP contribution in [0.2, 0.25) is 0 Å². The van der Waals surface area contributed by atoms with Gasteiger partial charge in [-0.1, -0.05) is 6.08 Å². The summed E-state index contributed by atoms with van der Waals surface area (Å²) in [7, 11) is 0. The van der Waals surface area contributed by atoms with E-state index in [1.807, 2.05) is 0 Å². The highest BCUT2D eigenvalue weighted by Gasteiger charge is 1.99. The van der Waals surface area contributed by atoms with Crippen LogP contribution in [0.4, 0.5) is 0 Å². The SMILES string of the molecule is C=CCSc1cnccc1C#N. The minimum atomic E-state index is 0.678. The van der Waals surface area contributed by atoms with E-state index in [9.17, 15) is 0 Å². The van der Waals surface area contributed by atoms with Crippen molar-refractivity contribution in [3.05, 3.63) is 36.7 Å². The Bertz CT molecular complexity index is 315. The molecule has 0 unspecified atom stereocenters. The van der Waals surface area contributed by atoms with Gasteiger partial charge in [-0.05, 0) is 6.07 Å². The van der Waals surface area contributed by atoms with Gasteiger partial charge in [-0.2, -0.15) is 5.26 Å². The number of nitriles is 1. The van der Waals surface area contributed by atoms with E-state index in [0.717, 1.165) is 10.6 Å². The van der Waals surface area contributed by atoms with Crippen molar-refractivity contribution in [3.63, 3.8) is 0 Å². The number of rotatable bonds is 3. The molecule has 0 saturated carbocycles. The molecule has 1 rings (SSSR count). The first-order chi connectivity index (χ1) is 5.88. The summed E-state index contributed by atoms with van der Waals surface area (Å²) in [5.41, 5.74) is 0.678. The van der Waals surface area contributed by atoms with Crippen molar-refractivity contribution in [2.75, 3.05) is 5.75 Å². The molecule has 0 fully saturated rings. The molecule has 0 bridgehead atoms. The molecule has 3 heteroatoms. The summed E-state index contributed by atoms with van der Waals surface area (Å²) in [6.45, 7) is 3.61. The molecule has 0 N–H and O–H groups in total. The fourth-order valence-electron chi connectivity index (χ4n) is 0.736. The van der Waals surface area contributed by atoms with Gasteiger partial charge in [-0.25, -0.2) is 0 Å². The van der Waals surface area contributed by atoms with Gasteiger partial charge in [0.1, 0.15) is 6.07 Å². The van der Waals surface area contributed by atoms with Crippen LogP contribution in [0.15, 0.2) is 36.0 Å². The Morgan fingerprint density at radius 2 is 2.58 bits per heavy atom. The number of hydrogen-bond donors (Lipinski definition) is 0. The number of aromatic nitrogens is 1. The van der Waals surface area contributed by atoms with Gasteiger partial charge in [0.2, 0.25) is 0 Å². The first kappa shape index (κ1) is 8.82. The third kappa shape index (κ3) is 2.11. The van der Waals surface area contributed by atoms with Crippen LogP contribution in [0.1, 0.15) is 5.56 Å². The van der Waals surface area contributed by atoms with Crippen LogP contribution in [0, 0.1) is 11.3 Å². The van der Waals surface area contributed by atoms with E-state index in [0.29, 0.717) is 5.56 Å². The maximum atomic E-state index is 8.70. The normalized spacial score (nSPS) is 8.92. The number of pyridine rings is 1. The molecule has 0 saturated heterocycles. The van der Waals surface area contributed by atoms with Crippen LogP contribution in [-0.4, -0.2) is 10.7 Å². The van der Waals surface area contributed by atoms with Crippen LogP contribution in [0.5, 0.6) is 0 Å². The van der Waals surface area contributed by atoms with Gasteiger partial charge < -0.3 is 0 Å². The van der Waals surface area contributed by atoms with Crippen molar-refractivity contribution in [2.24, 2.45) is 0 Å². The van der Waals surface area contributed by atoms with E-state index >= 15 is 0 Å². The summed E-state index contributed by atoms with van der Waals surface area (Å²) in [4.78, 5) is 4.86. The molecule has 1 heterocycles. The highest BCUT2D eigenvalue weighted by Crippen LogP contribution is 2.20. The molecule has 1 aromatic heterocycles. The molecule has 0 aliphatic carbocycles. The van der Waals surface area contributed by atoms with Crippen molar-refractivity contribution < 1.29 is 0 Å². The zero-order chi connectivity index (χ0) is 8.81. The molecule has 0 amide bonds. The first-order valence-electron chi connectivity index (χ1n) is 3.46. The third-order valence-electron chi connectivity index (χ3n) is 1.26. The molecule has 2 nitrogen and oxygen atoms in total. The lowest BCUT2D eigenvalue weighted by Gasteiger charge is -1.98. The number of nitrogens with zero attached hydrogens (tertiary/aromatic N) is 2. The van der Waals surface area contributed by atoms with Crippen molar-refractivity contribution >= 4 is 11.8 Å². The Morgan fingerprint density at radius 1 is 1.75 bits per heavy atom. The standard InChI is InChI=1S/C9H8N2S/c1-2-5-12-9-7-11-4-3-8(9)6-10/h2-4,7H,1,5H2. The van der Waals surface area contributed by atoms with E-state index in [-0.39, 0.29) is 0 Å². The Kier molecular flexibility index (Phi) is 3.36. The van der Waals surface area contributed by atoms with Gasteiger partial charge in [0.05, 0.1) is 5.56 Å². The molecule has 0 aliphatic heterocycles. The Balaban J connectivity index is 2.83. The maximum absolute atomic E-state index is 8.70. The van der Waals surface area contributed by atoms with E-state index < -0.39 is 0 Å². The van der Waals surface area contributed by atoms with Gasteiger partial charge >= 0.3 is 0 Å². The first-order valence-corrected chi connectivity index (χ1v) is 4.45. The minimum Gasteiger partial charge on any atom is -0.263 e. The third-order valence-corrected chi connectivity index (χ3v) is 2.30. The van der Waals surface area contributed by atoms with E-state index in [1.165, 1.54) is 0 Å². The largest absolute Gasteiger partial charge is 0.263 e. The van der Waals surface area contributed by atoms with Crippen LogP contribution in [0.25, 0.3) is 0 Å². The Morgan fingerprint density at radius 3 is 3.25 bits per heavy atom. The van der Waals surface area contributed by atoms with Crippen molar-refractivity contribution in [2.45, 2.75) is 4.90 Å². The summed E-state index contributed by atoms with van der Waals surface area (Å²) in [5, 5.41) is 8.70. The lowest BCUT2D eigenvalue weighted by Crippen LogP contribution is -1.82. The highest BCUT2D eigenvalue weighted by molar-refractivity contribution is 7.99. The average Bonchev–Trinajstić information content (AvgIpc) is 2.15. The van der Waals surface area contributed by atoms with Gasteiger partial charge in [0, 0.05) is 23.0 Å². The lowest BCUT2D eigenvalue weighted by atomic mass is 10.3. The van der Waals surface area contributed by atoms with Crippen LogP contribution in [-0.2, 0) is 0 Å². The summed E-state index contributed by atoms with van der Waals surface area (Å²) < 4.78 is 0. The molecule has 0 spiro atoms. The Labute approximate surface area is 75.9 Å². The molecular formula is C9H8N2S. The zero-order valence-electron chi connectivity index (χ0n) is 6.53. The Hall–Kier alpha value is -1.27. The molecule has 0 aliphatic rings. The monoisotopic (exact) mass is 176 g/mol. The fourth-order valence-corrected chi connectivity index (χ4v) is 1.44. The van der Waals surface area contributed by atoms with Gasteiger partial charge in [-0.3, -0.25) is 4.98 Å². The second-order valence-corrected chi connectivity index (χ2v) is 3.15. The summed E-state index contributed by atoms with van der Waals surface area (Å²) >= 11 is 1.57. The van der Waals surface area contributed by atoms with Gasteiger partial charge in [0.15, 0.2) is 0 Å². The average molecular weight is 176 g/mol. The predicted molar refractivity (Wildman–Crippen MR) is 49.9 cm³/mol. The lowest BCUT2D eigenvalue weighted by molar-refractivity contribution is 1.21. The van der Waals surface area contributed by atoms with Crippen molar-refractivity contribution in [1.82, 2.24) is 4.98 Å². The molecule has 0 aromatic carbocycles. The van der Waals surface area contributed by atoms with Crippen LogP contribution < -0.4 is 0 Å². The van der Waals surface area contributed by atoms with Crippen molar-refractivity contribution in [1.29, 1.82) is 5.26 Å². The molecule has 60 valence electrons. The van der Waals surface area contributed by atoms with Crippen LogP contribution >= 0.6 is 11.8 Å². The molecule has 1 aromatic rings. The van der Waals surface area contributed by atoms with Crippen LogP contribution in [0.3, 0.4) is 0 Å². The van der Waals surface area contributed by atoms with E-state index in [1.54, 1.807) is 36.3 Å². The molecule has 0 atom stereocenters. The van der Waals surface area contributed by atoms with E-state index in [4.69, 9.17) is 5.26 Å². The smallest absolute Gasteiger partial charge is 0.100 e. The van der Waals surface area contributed by atoms with E-state index in [2.05, 4.69) is 17.6 Å². The molecule has 0 radical (unpaired) electrons. The summed E-state index contributed by atoms with van der Waals surface area (Å²) in [5.74, 6) is 0.806. The minimum absolute atomic E-state index is 0.678. The number of thioether (sulfide) groups is 1. The highest BCUT2D eigenvalue weighted by atomic mass is 32.2. The van der Waals surface area contributed by atoms with Gasteiger partial charge in [0.25, 0.3) is 0 Å². The zero-order valence-corrected chi connectivity index (χ0v) is 7.34. The van der Waals surface area contributed by atoms with Gasteiger partial charge in [-0.15, -0.1) is 18.3 Å². The maximum Gasteiger partial charge on any atom is 0.100 e. The van der Waals surface area contributed by atoms with Crippen molar-refractivity contribution in [3.8, 4) is 6.07 Å². The predicted octanol–water partition coefficient (Wildman–Crippen LogP) is 2.23. The second kappa shape index (κ2) is 4.58. The molecular weight excluding hydrogens is 168 g/mol. The number of hydrogen-bond acceptors (Lipinski definition) is 3. The summed E-state index contributed by atoms with van der Waals surface area (Å²) in [6.07, 6.45) is 5.13. The quantitative estimate of drug-likeness (QED) is 0.523. The summed E-state index contributed by atoms with van der Waals surface area (Å²) in [6, 6.07) is 3.82.